The zero-order valence-corrected chi connectivity index (χ0v) is 22.8. The van der Waals surface area contributed by atoms with Crippen LogP contribution in [0.5, 0.6) is 0 Å². The van der Waals surface area contributed by atoms with Gasteiger partial charge >= 0.3 is 0 Å². The molecule has 0 aromatic carbocycles. The van der Waals surface area contributed by atoms with Gasteiger partial charge in [-0.25, -0.2) is 5.43 Å². The maximum Gasteiger partial charge on any atom is 0.271 e. The monoisotopic (exact) mass is 493 g/mol. The average molecular weight is 494 g/mol. The van der Waals surface area contributed by atoms with E-state index in [1.807, 2.05) is 13.8 Å². The van der Waals surface area contributed by atoms with Gasteiger partial charge in [0.25, 0.3) is 5.91 Å². The molecule has 1 heterocycles. The van der Waals surface area contributed by atoms with Crippen molar-refractivity contribution in [2.75, 3.05) is 0 Å². The Morgan fingerprint density at radius 3 is 1.71 bits per heavy atom. The molecule has 8 heteroatoms. The van der Waals surface area contributed by atoms with E-state index in [1.54, 1.807) is 0 Å². The summed E-state index contributed by atoms with van der Waals surface area (Å²) in [7, 11) is 0. The number of rotatable bonds is 20. The fraction of sp³-hybridized carbons (Fsp3) is 0.889. The predicted molar refractivity (Wildman–Crippen MR) is 141 cm³/mol. The molecule has 0 aromatic rings. The summed E-state index contributed by atoms with van der Waals surface area (Å²) in [5.74, 6) is -0.736. The molecule has 0 radical (unpaired) electrons. The first-order valence-electron chi connectivity index (χ1n) is 14.3. The van der Waals surface area contributed by atoms with Crippen LogP contribution in [0.3, 0.4) is 0 Å². The Kier molecular flexibility index (Phi) is 15.5. The van der Waals surface area contributed by atoms with Gasteiger partial charge in [0, 0.05) is 12.8 Å². The average Bonchev–Trinajstić information content (AvgIpc) is 2.82. The van der Waals surface area contributed by atoms with Gasteiger partial charge in [-0.1, -0.05) is 104 Å². The third-order valence-corrected chi connectivity index (χ3v) is 6.92. The quantitative estimate of drug-likeness (QED) is 0.174. The van der Waals surface area contributed by atoms with Crippen LogP contribution in [0.1, 0.15) is 143 Å². The Balaban J connectivity index is 3.25. The molecular formula is C27H51N5O3. The molecule has 0 aliphatic carbocycles. The number of nitrogens with zero attached hydrogens (tertiary/aromatic N) is 2. The number of carbonyl (C=O) groups excluding carboxylic acids is 3. The number of unbranched alkanes of at least 4 members (excludes halogenated alkanes) is 10. The molecule has 3 amide bonds. The zero-order valence-electron chi connectivity index (χ0n) is 22.8. The first-order chi connectivity index (χ1) is 16.9. The van der Waals surface area contributed by atoms with Crippen LogP contribution >= 0.6 is 0 Å². The first-order valence-corrected chi connectivity index (χ1v) is 14.3. The van der Waals surface area contributed by atoms with E-state index in [2.05, 4.69) is 40.2 Å². The van der Waals surface area contributed by atoms with Crippen molar-refractivity contribution >= 4 is 17.7 Å². The Bertz CT molecular complexity index is 669. The van der Waals surface area contributed by atoms with Crippen molar-refractivity contribution in [3.05, 3.63) is 0 Å². The number of amides is 3. The number of hydrogen-bond donors (Lipinski definition) is 3. The van der Waals surface area contributed by atoms with Gasteiger partial charge in [0.05, 0.1) is 0 Å². The molecule has 35 heavy (non-hydrogen) atoms. The van der Waals surface area contributed by atoms with E-state index in [-0.39, 0.29) is 17.7 Å². The van der Waals surface area contributed by atoms with E-state index in [0.29, 0.717) is 38.5 Å². The highest BCUT2D eigenvalue weighted by Crippen LogP contribution is 2.38. The van der Waals surface area contributed by atoms with Gasteiger partial charge in [0.2, 0.25) is 11.8 Å². The zero-order chi connectivity index (χ0) is 26.0. The van der Waals surface area contributed by atoms with Gasteiger partial charge < -0.3 is 10.6 Å². The van der Waals surface area contributed by atoms with Gasteiger partial charge in [-0.3, -0.25) is 14.4 Å². The fourth-order valence-corrected chi connectivity index (χ4v) is 4.90. The minimum Gasteiger partial charge on any atom is -0.338 e. The second-order valence-corrected chi connectivity index (χ2v) is 10.0. The van der Waals surface area contributed by atoms with E-state index in [9.17, 15) is 14.4 Å². The Morgan fingerprint density at radius 1 is 0.686 bits per heavy atom. The SMILES string of the molecule is CCCCCCCCC1(NC(=O)CCC)N=NNC(=O)C1(CCCCCCCC)NC(=O)CCC. The minimum absolute atomic E-state index is 0.163. The van der Waals surface area contributed by atoms with E-state index in [1.165, 1.54) is 32.1 Å². The minimum atomic E-state index is -1.35. The molecule has 3 N–H and O–H groups in total. The van der Waals surface area contributed by atoms with Crippen molar-refractivity contribution in [1.82, 2.24) is 16.1 Å². The van der Waals surface area contributed by atoms with Crippen molar-refractivity contribution in [2.45, 2.75) is 154 Å². The van der Waals surface area contributed by atoms with Crippen molar-refractivity contribution in [1.29, 1.82) is 0 Å². The van der Waals surface area contributed by atoms with Crippen LogP contribution in [-0.4, -0.2) is 28.9 Å². The van der Waals surface area contributed by atoms with Gasteiger partial charge in [-0.2, -0.15) is 0 Å². The van der Waals surface area contributed by atoms with Gasteiger partial charge in [0.15, 0.2) is 11.2 Å². The molecule has 1 aliphatic rings. The molecule has 0 bridgehead atoms. The van der Waals surface area contributed by atoms with Crippen LogP contribution in [0.2, 0.25) is 0 Å². The lowest BCUT2D eigenvalue weighted by Gasteiger charge is -2.48. The number of carbonyl (C=O) groups is 3. The molecule has 2 atom stereocenters. The third-order valence-electron chi connectivity index (χ3n) is 6.92. The van der Waals surface area contributed by atoms with Crippen LogP contribution in [0, 0.1) is 0 Å². The lowest BCUT2D eigenvalue weighted by atomic mass is 9.75. The maximum absolute atomic E-state index is 13.5. The Hall–Kier alpha value is -1.99. The second kappa shape index (κ2) is 17.4. The fourth-order valence-electron chi connectivity index (χ4n) is 4.90. The van der Waals surface area contributed by atoms with E-state index in [0.717, 1.165) is 44.9 Å². The molecule has 1 rings (SSSR count). The number of hydrogen-bond acceptors (Lipinski definition) is 5. The molecule has 202 valence electrons. The lowest BCUT2D eigenvalue weighted by molar-refractivity contribution is -0.143. The van der Waals surface area contributed by atoms with Gasteiger partial charge in [-0.15, -0.1) is 5.11 Å². The van der Waals surface area contributed by atoms with Crippen LogP contribution in [0.4, 0.5) is 0 Å². The summed E-state index contributed by atoms with van der Waals surface area (Å²) in [5.41, 5.74) is -0.114. The molecular weight excluding hydrogens is 442 g/mol. The highest BCUT2D eigenvalue weighted by molar-refractivity contribution is 5.94. The molecule has 0 saturated carbocycles. The van der Waals surface area contributed by atoms with Crippen LogP contribution in [0.15, 0.2) is 10.3 Å². The van der Waals surface area contributed by atoms with Crippen LogP contribution in [0.25, 0.3) is 0 Å². The van der Waals surface area contributed by atoms with E-state index < -0.39 is 11.2 Å². The first kappa shape index (κ1) is 31.0. The molecule has 0 spiro atoms. The molecule has 2 unspecified atom stereocenters. The molecule has 1 aliphatic heterocycles. The molecule has 0 fully saturated rings. The summed E-state index contributed by atoms with van der Waals surface area (Å²) in [5, 5.41) is 14.6. The highest BCUT2D eigenvalue weighted by atomic mass is 16.2. The third kappa shape index (κ3) is 9.88. The van der Waals surface area contributed by atoms with Crippen LogP contribution in [-0.2, 0) is 14.4 Å². The highest BCUT2D eigenvalue weighted by Gasteiger charge is 2.60. The Labute approximate surface area is 213 Å². The van der Waals surface area contributed by atoms with E-state index >= 15 is 0 Å². The van der Waals surface area contributed by atoms with Gasteiger partial charge in [-0.05, 0) is 32.1 Å². The standard InChI is InChI=1S/C27H51N5O3/c1-5-9-11-13-15-17-21-26(28-23(33)19-7-3)25(35)30-32-31-27(26,29-24(34)20-8-4)22-18-16-14-12-10-6-2/h5-22H2,1-4H3,(H,28,33)(H,29,34)(H,30,31,35). The Morgan fingerprint density at radius 2 is 1.17 bits per heavy atom. The predicted octanol–water partition coefficient (Wildman–Crippen LogP) is 6.25. The smallest absolute Gasteiger partial charge is 0.271 e. The van der Waals surface area contributed by atoms with Crippen LogP contribution < -0.4 is 16.1 Å². The second-order valence-electron chi connectivity index (χ2n) is 10.0. The maximum atomic E-state index is 13.5. The summed E-state index contributed by atoms with van der Waals surface area (Å²) in [4.78, 5) is 39.3. The van der Waals surface area contributed by atoms with Crippen molar-refractivity contribution in [3.8, 4) is 0 Å². The molecule has 0 aromatic heterocycles. The molecule has 8 nitrogen and oxygen atoms in total. The summed E-state index contributed by atoms with van der Waals surface area (Å²) in [6.45, 7) is 8.26. The van der Waals surface area contributed by atoms with Crippen molar-refractivity contribution < 1.29 is 14.4 Å². The normalized spacial score (nSPS) is 21.5. The van der Waals surface area contributed by atoms with Crippen molar-refractivity contribution in [2.24, 2.45) is 10.3 Å². The molecule has 0 saturated heterocycles. The largest absolute Gasteiger partial charge is 0.338 e. The summed E-state index contributed by atoms with van der Waals surface area (Å²) in [6.07, 6.45) is 15.7. The summed E-state index contributed by atoms with van der Waals surface area (Å²) >= 11 is 0. The van der Waals surface area contributed by atoms with Crippen molar-refractivity contribution in [3.63, 3.8) is 0 Å². The topological polar surface area (TPSA) is 112 Å². The van der Waals surface area contributed by atoms with E-state index in [4.69, 9.17) is 0 Å². The summed E-state index contributed by atoms with van der Waals surface area (Å²) < 4.78 is 0. The lowest BCUT2D eigenvalue weighted by Crippen LogP contribution is -2.77. The van der Waals surface area contributed by atoms with Gasteiger partial charge in [0.1, 0.15) is 0 Å². The number of nitrogens with one attached hydrogen (secondary N) is 3. The summed E-state index contributed by atoms with van der Waals surface area (Å²) in [6, 6.07) is 0.